The number of nitrogens with one attached hydrogen (secondary N) is 1. The fourth-order valence-corrected chi connectivity index (χ4v) is 7.05. The van der Waals surface area contributed by atoms with Crippen molar-refractivity contribution < 1.29 is 40.9 Å². The number of fused-ring (bicyclic) bond motifs is 6. The SMILES string of the molecule is COC(=O)[C@H](CCCC[n+]1c2c(c(-c3ccccc3)c3c1-c1ccccc1CC3)CCc1ccccc1-2)NC(=O)OC(C)(C)C.F[B-](F)(F)F. The van der Waals surface area contributed by atoms with Gasteiger partial charge in [-0.15, -0.1) is 0 Å². The van der Waals surface area contributed by atoms with Crippen LogP contribution in [0.4, 0.5) is 22.1 Å². The molecule has 1 heterocycles. The highest BCUT2D eigenvalue weighted by atomic mass is 19.5. The standard InChI is InChI=1S/C39H42N2O4.BF4/c1-39(2,3)45-38(43)40-33(37(42)44-4)20-12-13-25-41-35-29-18-10-8-14-26(29)21-23-31(35)34(28-16-6-5-7-17-28)32-24-22-27-15-9-11-19-30(27)36(32)41;2-1(3,4)5/h5-11,14-19,33H,12-13,20-25H2,1-4H3;/q;-1/p+1/t33-;/m0./s1. The van der Waals surface area contributed by atoms with Gasteiger partial charge in [0.2, 0.25) is 11.4 Å². The largest absolute Gasteiger partial charge is 0.673 e. The van der Waals surface area contributed by atoms with Crippen LogP contribution in [0.5, 0.6) is 0 Å². The number of carbonyl (C=O) groups excluding carboxylic acids is 2. The van der Waals surface area contributed by atoms with Crippen LogP contribution in [0.3, 0.4) is 0 Å². The lowest BCUT2D eigenvalue weighted by Crippen LogP contribution is -2.45. The third kappa shape index (κ3) is 8.92. The van der Waals surface area contributed by atoms with Gasteiger partial charge in [-0.3, -0.25) is 0 Å². The molecule has 0 radical (unpaired) electrons. The van der Waals surface area contributed by atoms with E-state index < -0.39 is 31.0 Å². The van der Waals surface area contributed by atoms with Crippen molar-refractivity contribution in [1.29, 1.82) is 0 Å². The van der Waals surface area contributed by atoms with E-state index in [-0.39, 0.29) is 0 Å². The number of alkyl carbamates (subject to hydrolysis) is 1. The molecule has 11 heteroatoms. The van der Waals surface area contributed by atoms with Gasteiger partial charge in [0.05, 0.1) is 7.11 Å². The van der Waals surface area contributed by atoms with Crippen LogP contribution in [-0.4, -0.2) is 38.1 Å². The van der Waals surface area contributed by atoms with Crippen LogP contribution < -0.4 is 9.88 Å². The van der Waals surface area contributed by atoms with Crippen LogP contribution in [-0.2, 0) is 46.5 Å². The van der Waals surface area contributed by atoms with E-state index in [0.717, 1.165) is 45.1 Å². The predicted molar refractivity (Wildman–Crippen MR) is 187 cm³/mol. The molecule has 4 aromatic rings. The zero-order valence-electron chi connectivity index (χ0n) is 28.9. The zero-order valence-corrected chi connectivity index (χ0v) is 28.9. The third-order valence-electron chi connectivity index (χ3n) is 8.91. The number of unbranched alkanes of at least 4 members (excludes halogenated alkanes) is 1. The molecule has 0 bridgehead atoms. The minimum Gasteiger partial charge on any atom is -0.467 e. The molecule has 6 nitrogen and oxygen atoms in total. The van der Waals surface area contributed by atoms with Crippen molar-refractivity contribution in [3.8, 4) is 33.6 Å². The summed E-state index contributed by atoms with van der Waals surface area (Å²) in [4.78, 5) is 25.1. The Morgan fingerprint density at radius 2 is 1.28 bits per heavy atom. The normalized spacial score (nSPS) is 13.7. The van der Waals surface area contributed by atoms with Gasteiger partial charge in [0.25, 0.3) is 0 Å². The topological polar surface area (TPSA) is 68.5 Å². The van der Waals surface area contributed by atoms with E-state index in [0.29, 0.717) is 6.42 Å². The Hall–Kier alpha value is -4.67. The molecule has 2 aliphatic carbocycles. The highest BCUT2D eigenvalue weighted by Crippen LogP contribution is 2.44. The lowest BCUT2D eigenvalue weighted by Gasteiger charge is -2.28. The first-order chi connectivity index (χ1) is 23.7. The minimum absolute atomic E-state index is 0.460. The average Bonchev–Trinajstić information content (AvgIpc) is 3.07. The molecule has 0 saturated heterocycles. The van der Waals surface area contributed by atoms with E-state index in [1.54, 1.807) is 20.8 Å². The first-order valence-corrected chi connectivity index (χ1v) is 17.0. The van der Waals surface area contributed by atoms with Crippen molar-refractivity contribution in [2.24, 2.45) is 0 Å². The molecule has 264 valence electrons. The van der Waals surface area contributed by atoms with E-state index >= 15 is 0 Å². The van der Waals surface area contributed by atoms with Crippen LogP contribution in [0, 0.1) is 0 Å². The molecule has 1 aromatic heterocycles. The predicted octanol–water partition coefficient (Wildman–Crippen LogP) is 8.71. The van der Waals surface area contributed by atoms with Gasteiger partial charge in [0.15, 0.2) is 0 Å². The highest BCUT2D eigenvalue weighted by Gasteiger charge is 2.37. The number of aromatic nitrogens is 1. The number of carbonyl (C=O) groups is 2. The fraction of sp³-hybridized carbons (Fsp3) is 0.359. The summed E-state index contributed by atoms with van der Waals surface area (Å²) in [5.41, 5.74) is 12.9. The second kappa shape index (κ2) is 15.5. The van der Waals surface area contributed by atoms with Gasteiger partial charge in [-0.2, -0.15) is 4.57 Å². The van der Waals surface area contributed by atoms with Crippen molar-refractivity contribution in [3.05, 3.63) is 101 Å². The molecule has 0 saturated carbocycles. The number of amides is 1. The molecule has 1 atom stereocenters. The average molecular weight is 691 g/mol. The van der Waals surface area contributed by atoms with Crippen LogP contribution in [0.25, 0.3) is 33.6 Å². The molecule has 50 heavy (non-hydrogen) atoms. The quantitative estimate of drug-likeness (QED) is 0.0661. The molecule has 6 rings (SSSR count). The molecular formula is C39H43BF4N2O4. The van der Waals surface area contributed by atoms with Crippen molar-refractivity contribution >= 4 is 19.3 Å². The summed E-state index contributed by atoms with van der Waals surface area (Å²) < 4.78 is 52.0. The van der Waals surface area contributed by atoms with Gasteiger partial charge in [-0.1, -0.05) is 66.7 Å². The maximum atomic E-state index is 12.6. The number of methoxy groups -OCH3 is 1. The zero-order chi connectivity index (χ0) is 36.1. The monoisotopic (exact) mass is 690 g/mol. The molecule has 0 aliphatic heterocycles. The van der Waals surface area contributed by atoms with E-state index in [1.807, 2.05) is 0 Å². The van der Waals surface area contributed by atoms with Gasteiger partial charge in [-0.25, -0.2) is 9.59 Å². The Labute approximate surface area is 290 Å². The van der Waals surface area contributed by atoms with Gasteiger partial charge in [-0.05, 0) is 88.1 Å². The molecule has 0 spiro atoms. The molecular weight excluding hydrogens is 647 g/mol. The first-order valence-electron chi connectivity index (χ1n) is 17.0. The maximum Gasteiger partial charge on any atom is 0.673 e. The smallest absolute Gasteiger partial charge is 0.467 e. The number of aryl methyl sites for hydroxylation is 2. The fourth-order valence-electron chi connectivity index (χ4n) is 7.05. The second-order valence-corrected chi connectivity index (χ2v) is 13.6. The molecule has 2 aliphatic rings. The summed E-state index contributed by atoms with van der Waals surface area (Å²) in [7, 11) is -4.65. The molecule has 0 fully saturated rings. The number of rotatable bonds is 8. The van der Waals surface area contributed by atoms with Crippen LogP contribution >= 0.6 is 0 Å². The lowest BCUT2D eigenvalue weighted by molar-refractivity contribution is -0.676. The number of ether oxygens (including phenoxy) is 2. The van der Waals surface area contributed by atoms with Crippen molar-refractivity contribution in [2.75, 3.05) is 7.11 Å². The molecule has 3 aromatic carbocycles. The van der Waals surface area contributed by atoms with Crippen LogP contribution in [0.1, 0.15) is 62.3 Å². The van der Waals surface area contributed by atoms with Crippen molar-refractivity contribution in [3.63, 3.8) is 0 Å². The van der Waals surface area contributed by atoms with Crippen molar-refractivity contribution in [2.45, 2.75) is 83.9 Å². The first kappa shape index (κ1) is 36.6. The van der Waals surface area contributed by atoms with E-state index in [2.05, 4.69) is 88.7 Å². The Bertz CT molecular complexity index is 1760. The summed E-state index contributed by atoms with van der Waals surface area (Å²) in [6, 6.07) is 27.8. The van der Waals surface area contributed by atoms with Gasteiger partial charge in [0.1, 0.15) is 18.2 Å². The Kier molecular flexibility index (Phi) is 11.3. The van der Waals surface area contributed by atoms with E-state index in [9.17, 15) is 26.9 Å². The number of halogens is 4. The third-order valence-corrected chi connectivity index (χ3v) is 8.91. The van der Waals surface area contributed by atoms with Crippen LogP contribution in [0.2, 0.25) is 0 Å². The minimum atomic E-state index is -6.00. The Morgan fingerprint density at radius 3 is 1.78 bits per heavy atom. The Morgan fingerprint density at radius 1 is 0.780 bits per heavy atom. The Balaban J connectivity index is 0.000000908. The van der Waals surface area contributed by atoms with Gasteiger partial charge >= 0.3 is 19.3 Å². The maximum absolute atomic E-state index is 12.6. The number of pyridine rings is 1. The number of nitrogens with zero attached hydrogens (tertiary/aromatic N) is 1. The summed E-state index contributed by atoms with van der Waals surface area (Å²) in [5, 5.41) is 2.73. The second-order valence-electron chi connectivity index (χ2n) is 13.6. The van der Waals surface area contributed by atoms with Gasteiger partial charge < -0.3 is 32.1 Å². The van der Waals surface area contributed by atoms with Crippen LogP contribution in [0.15, 0.2) is 78.9 Å². The van der Waals surface area contributed by atoms with Gasteiger partial charge in [0, 0.05) is 34.2 Å². The lowest BCUT2D eigenvalue weighted by atomic mass is 9.77. The number of benzene rings is 3. The summed E-state index contributed by atoms with van der Waals surface area (Å²) >= 11 is 0. The highest BCUT2D eigenvalue weighted by molar-refractivity contribution is 6.50. The molecule has 0 unspecified atom stereocenters. The molecule has 1 N–H and O–H groups in total. The number of hydrogen-bond donors (Lipinski definition) is 1. The summed E-state index contributed by atoms with van der Waals surface area (Å²) in [5.74, 6) is -0.460. The molecule has 1 amide bonds. The number of hydrogen-bond acceptors (Lipinski definition) is 4. The number of esters is 1. The van der Waals surface area contributed by atoms with E-state index in [4.69, 9.17) is 9.47 Å². The van der Waals surface area contributed by atoms with E-state index in [1.165, 1.54) is 63.0 Å². The summed E-state index contributed by atoms with van der Waals surface area (Å²) in [6.07, 6.45) is 5.46. The summed E-state index contributed by atoms with van der Waals surface area (Å²) in [6.45, 7) is 6.20. The van der Waals surface area contributed by atoms with Crippen molar-refractivity contribution in [1.82, 2.24) is 5.32 Å².